The van der Waals surface area contributed by atoms with E-state index < -0.39 is 23.2 Å². The molecule has 40 heavy (non-hydrogen) atoms. The molecule has 1 spiro atoms. The fourth-order valence-corrected chi connectivity index (χ4v) is 5.84. The molecule has 0 radical (unpaired) electrons. The van der Waals surface area contributed by atoms with Gasteiger partial charge < -0.3 is 19.4 Å². The highest BCUT2D eigenvalue weighted by molar-refractivity contribution is 6.32. The number of halogens is 3. The van der Waals surface area contributed by atoms with Gasteiger partial charge in [-0.25, -0.2) is 14.4 Å². The summed E-state index contributed by atoms with van der Waals surface area (Å²) in [6.07, 6.45) is 1.48. The van der Waals surface area contributed by atoms with Crippen LogP contribution < -0.4 is 19.7 Å². The van der Waals surface area contributed by atoms with Crippen LogP contribution in [-0.4, -0.2) is 45.6 Å². The molecule has 0 aliphatic carbocycles. The van der Waals surface area contributed by atoms with Gasteiger partial charge in [-0.1, -0.05) is 29.3 Å². The van der Waals surface area contributed by atoms with Gasteiger partial charge in [0.15, 0.2) is 11.2 Å². The molecule has 4 aromatic rings. The lowest BCUT2D eigenvalue weighted by atomic mass is 9.87. The molecule has 4 heterocycles. The number of nitrogens with one attached hydrogen (secondary N) is 1. The number of imidazole rings is 1. The fraction of sp³-hybridized carbons (Fsp3) is 0.222. The van der Waals surface area contributed by atoms with Crippen LogP contribution in [0.2, 0.25) is 10.0 Å². The molecule has 13 heteroatoms. The van der Waals surface area contributed by atoms with Gasteiger partial charge in [0.25, 0.3) is 11.8 Å². The number of fused-ring (bicyclic) bond motifs is 4. The molecule has 6 rings (SSSR count). The zero-order chi connectivity index (χ0) is 28.5. The van der Waals surface area contributed by atoms with E-state index in [1.54, 1.807) is 22.8 Å². The molecule has 2 amide bonds. The molecule has 0 bridgehead atoms. The number of rotatable bonds is 5. The van der Waals surface area contributed by atoms with Crippen molar-refractivity contribution in [2.24, 2.45) is 0 Å². The van der Waals surface area contributed by atoms with Crippen molar-refractivity contribution in [2.45, 2.75) is 25.4 Å². The summed E-state index contributed by atoms with van der Waals surface area (Å²) in [4.78, 5) is 42.9. The van der Waals surface area contributed by atoms with Crippen LogP contribution in [0, 0.1) is 5.82 Å². The predicted molar refractivity (Wildman–Crippen MR) is 146 cm³/mol. The van der Waals surface area contributed by atoms with Crippen LogP contribution in [-0.2, 0) is 10.3 Å². The van der Waals surface area contributed by atoms with Gasteiger partial charge in [0, 0.05) is 33.5 Å². The van der Waals surface area contributed by atoms with Gasteiger partial charge in [0.05, 0.1) is 31.2 Å². The van der Waals surface area contributed by atoms with E-state index in [-0.39, 0.29) is 34.3 Å². The second-order valence-corrected chi connectivity index (χ2v) is 10.4. The average Bonchev–Trinajstić information content (AvgIpc) is 3.51. The van der Waals surface area contributed by atoms with E-state index in [4.69, 9.17) is 37.7 Å². The molecule has 0 fully saturated rings. The summed E-state index contributed by atoms with van der Waals surface area (Å²) < 4.78 is 27.0. The first-order valence-electron chi connectivity index (χ1n) is 12.1. The number of carbonyl (C=O) groups is 2. The first kappa shape index (κ1) is 26.0. The van der Waals surface area contributed by atoms with E-state index in [0.29, 0.717) is 33.4 Å². The summed E-state index contributed by atoms with van der Waals surface area (Å²) >= 11 is 12.5. The number of anilines is 2. The van der Waals surface area contributed by atoms with Gasteiger partial charge in [-0.3, -0.25) is 14.5 Å². The van der Waals surface area contributed by atoms with Crippen molar-refractivity contribution in [2.75, 3.05) is 24.4 Å². The van der Waals surface area contributed by atoms with Crippen LogP contribution in [0.15, 0.2) is 42.6 Å². The monoisotopic (exact) mass is 582 g/mol. The van der Waals surface area contributed by atoms with Gasteiger partial charge >= 0.3 is 6.01 Å². The summed E-state index contributed by atoms with van der Waals surface area (Å²) in [5, 5.41) is 3.31. The Morgan fingerprint density at radius 2 is 1.80 bits per heavy atom. The molecule has 1 N–H and O–H groups in total. The Bertz CT molecular complexity index is 1720. The number of methoxy groups -OCH3 is 2. The molecular formula is C27H21Cl2FN6O4. The minimum Gasteiger partial charge on any atom is -0.480 e. The van der Waals surface area contributed by atoms with Crippen LogP contribution in [0.25, 0.3) is 11.4 Å². The quantitative estimate of drug-likeness (QED) is 0.342. The van der Waals surface area contributed by atoms with Crippen LogP contribution in [0.3, 0.4) is 0 Å². The number of amides is 2. The lowest BCUT2D eigenvalue weighted by molar-refractivity contribution is -0.119. The van der Waals surface area contributed by atoms with E-state index in [1.165, 1.54) is 31.4 Å². The highest BCUT2D eigenvalue weighted by atomic mass is 35.5. The Balaban J connectivity index is 1.72. The van der Waals surface area contributed by atoms with Gasteiger partial charge in [0.2, 0.25) is 5.88 Å². The Morgan fingerprint density at radius 3 is 2.48 bits per heavy atom. The van der Waals surface area contributed by atoms with E-state index >= 15 is 0 Å². The summed E-state index contributed by atoms with van der Waals surface area (Å²) in [7, 11) is 2.87. The lowest BCUT2D eigenvalue weighted by Crippen LogP contribution is -2.51. The molecule has 2 aromatic heterocycles. The highest BCUT2D eigenvalue weighted by Gasteiger charge is 2.64. The zero-order valence-corrected chi connectivity index (χ0v) is 23.1. The Kier molecular flexibility index (Phi) is 5.97. The molecule has 0 saturated carbocycles. The third kappa shape index (κ3) is 3.50. The summed E-state index contributed by atoms with van der Waals surface area (Å²) in [5.74, 6) is -1.36. The highest BCUT2D eigenvalue weighted by Crippen LogP contribution is 2.54. The van der Waals surface area contributed by atoms with E-state index in [0.717, 1.165) is 12.1 Å². The predicted octanol–water partition coefficient (Wildman–Crippen LogP) is 5.24. The van der Waals surface area contributed by atoms with Crippen molar-refractivity contribution in [1.82, 2.24) is 19.5 Å². The number of aromatic nitrogens is 4. The summed E-state index contributed by atoms with van der Waals surface area (Å²) in [6.45, 7) is 3.77. The van der Waals surface area contributed by atoms with Crippen molar-refractivity contribution in [3.8, 4) is 23.3 Å². The molecular weight excluding hydrogens is 562 g/mol. The normalized spacial score (nSPS) is 17.4. The van der Waals surface area contributed by atoms with Crippen LogP contribution in [0.5, 0.6) is 11.9 Å². The smallest absolute Gasteiger partial charge is 0.319 e. The van der Waals surface area contributed by atoms with Gasteiger partial charge in [-0.05, 0) is 44.2 Å². The number of hydrogen-bond acceptors (Lipinski definition) is 7. The van der Waals surface area contributed by atoms with Crippen molar-refractivity contribution in [3.05, 3.63) is 75.4 Å². The standard InChI is InChI=1S/C27H21Cl2FN6O4/c1-12(2)35-21-20(33-22(35)17-11-31-26(40-4)34-23(17)39-3)24(37)36(16-8-14(29)7-15(30)10-16)27(21)18-6-5-13(28)9-19(18)32-25(27)38/h5-12H,1-4H3,(H,32,38)/t27-/m1/s1. The van der Waals surface area contributed by atoms with Crippen LogP contribution >= 0.6 is 23.2 Å². The van der Waals surface area contributed by atoms with Crippen molar-refractivity contribution < 1.29 is 23.5 Å². The molecule has 2 aromatic carbocycles. The molecule has 0 saturated heterocycles. The number of carbonyl (C=O) groups excluding carboxylic acids is 2. The van der Waals surface area contributed by atoms with Crippen molar-refractivity contribution in [3.63, 3.8) is 0 Å². The first-order chi connectivity index (χ1) is 19.1. The lowest BCUT2D eigenvalue weighted by Gasteiger charge is -2.35. The second kappa shape index (κ2) is 9.17. The minimum absolute atomic E-state index is 0.0000882. The fourth-order valence-electron chi connectivity index (χ4n) is 5.45. The first-order valence-corrected chi connectivity index (χ1v) is 12.9. The molecule has 0 unspecified atom stereocenters. The maximum atomic E-state index is 14.6. The third-order valence-electron chi connectivity index (χ3n) is 6.91. The van der Waals surface area contributed by atoms with Crippen LogP contribution in [0.4, 0.5) is 15.8 Å². The molecule has 2 aliphatic heterocycles. The van der Waals surface area contributed by atoms with Crippen molar-refractivity contribution >= 4 is 46.4 Å². The van der Waals surface area contributed by atoms with E-state index in [1.807, 2.05) is 13.8 Å². The molecule has 1 atom stereocenters. The maximum Gasteiger partial charge on any atom is 0.319 e. The van der Waals surface area contributed by atoms with Gasteiger partial charge in [-0.2, -0.15) is 4.98 Å². The largest absolute Gasteiger partial charge is 0.480 e. The number of hydrogen-bond donors (Lipinski definition) is 1. The van der Waals surface area contributed by atoms with E-state index in [2.05, 4.69) is 15.3 Å². The number of benzene rings is 2. The topological polar surface area (TPSA) is 111 Å². The minimum atomic E-state index is -1.76. The van der Waals surface area contributed by atoms with Gasteiger partial charge in [0.1, 0.15) is 11.6 Å². The summed E-state index contributed by atoms with van der Waals surface area (Å²) in [6, 6.07) is 8.35. The molecule has 204 valence electrons. The second-order valence-electron chi connectivity index (χ2n) is 9.50. The Labute approximate surface area is 237 Å². The summed E-state index contributed by atoms with van der Waals surface area (Å²) in [5.41, 5.74) is -0.147. The van der Waals surface area contributed by atoms with Crippen LogP contribution in [0.1, 0.15) is 41.6 Å². The van der Waals surface area contributed by atoms with Gasteiger partial charge in [-0.15, -0.1) is 0 Å². The zero-order valence-electron chi connectivity index (χ0n) is 21.6. The van der Waals surface area contributed by atoms with Crippen molar-refractivity contribution in [1.29, 1.82) is 0 Å². The SMILES string of the molecule is COc1ncc(-c2nc3c(n2C(C)C)[C@]2(C(=O)Nc4cc(Cl)ccc42)N(c2cc(F)cc(Cl)c2)C3=O)c(OC)n1. The maximum absolute atomic E-state index is 14.6. The molecule has 2 aliphatic rings. The Morgan fingerprint density at radius 1 is 1.02 bits per heavy atom. The Hall–Kier alpha value is -4.22. The third-order valence-corrected chi connectivity index (χ3v) is 7.37. The van der Waals surface area contributed by atoms with E-state index in [9.17, 15) is 14.0 Å². The number of nitrogens with zero attached hydrogens (tertiary/aromatic N) is 5. The average molecular weight is 583 g/mol. The number of ether oxygens (including phenoxy) is 2. The molecule has 10 nitrogen and oxygen atoms in total.